The van der Waals surface area contributed by atoms with Crippen molar-refractivity contribution in [1.82, 2.24) is 10.2 Å². The number of nitrogens with one attached hydrogen (secondary N) is 1. The number of esters is 1. The number of hydrogen-bond donors (Lipinski definition) is 1. The molecule has 0 aromatic rings. The van der Waals surface area contributed by atoms with Gasteiger partial charge in [0.05, 0.1) is 19.8 Å². The summed E-state index contributed by atoms with van der Waals surface area (Å²) in [6.07, 6.45) is 0.989. The van der Waals surface area contributed by atoms with Crippen LogP contribution in [0.5, 0.6) is 0 Å². The van der Waals surface area contributed by atoms with Crippen LogP contribution in [-0.4, -0.2) is 61.4 Å². The van der Waals surface area contributed by atoms with Crippen molar-refractivity contribution in [3.8, 4) is 0 Å². The maximum atomic E-state index is 12.1. The molecule has 3 atom stereocenters. The summed E-state index contributed by atoms with van der Waals surface area (Å²) in [7, 11) is 1.45. The van der Waals surface area contributed by atoms with E-state index in [1.165, 1.54) is 7.11 Å². The van der Waals surface area contributed by atoms with Gasteiger partial charge in [0.15, 0.2) is 0 Å². The molecule has 0 aromatic carbocycles. The third-order valence-electron chi connectivity index (χ3n) is 3.88. The quantitative estimate of drug-likeness (QED) is 0.748. The minimum atomic E-state index is -0.635. The molecular formula is C15H30N2O3. The lowest BCUT2D eigenvalue weighted by Crippen LogP contribution is -2.56. The fraction of sp³-hybridized carbons (Fsp3) is 0.933. The zero-order valence-corrected chi connectivity index (χ0v) is 13.7. The van der Waals surface area contributed by atoms with Crippen LogP contribution in [0.1, 0.15) is 41.0 Å². The SMILES string of the molecule is COC(=O)C(C)(CCN1CC(C)OCC1C)NC(C)C. The third-order valence-corrected chi connectivity index (χ3v) is 3.88. The highest BCUT2D eigenvalue weighted by Crippen LogP contribution is 2.18. The number of nitrogens with zero attached hydrogens (tertiary/aromatic N) is 1. The molecule has 3 unspecified atom stereocenters. The fourth-order valence-corrected chi connectivity index (χ4v) is 2.75. The monoisotopic (exact) mass is 286 g/mol. The minimum absolute atomic E-state index is 0.194. The Kier molecular flexibility index (Phi) is 6.43. The summed E-state index contributed by atoms with van der Waals surface area (Å²) in [5.41, 5.74) is -0.635. The van der Waals surface area contributed by atoms with E-state index in [-0.39, 0.29) is 18.1 Å². The van der Waals surface area contributed by atoms with Crippen LogP contribution in [-0.2, 0) is 14.3 Å². The molecule has 0 radical (unpaired) electrons. The van der Waals surface area contributed by atoms with Gasteiger partial charge in [-0.25, -0.2) is 0 Å². The number of carbonyl (C=O) groups is 1. The van der Waals surface area contributed by atoms with Crippen LogP contribution in [0, 0.1) is 0 Å². The van der Waals surface area contributed by atoms with Crippen molar-refractivity contribution in [2.75, 3.05) is 26.8 Å². The molecular weight excluding hydrogens is 256 g/mol. The summed E-state index contributed by atoms with van der Waals surface area (Å²) in [5, 5.41) is 3.34. The van der Waals surface area contributed by atoms with Gasteiger partial charge in [0.25, 0.3) is 0 Å². The maximum Gasteiger partial charge on any atom is 0.325 e. The fourth-order valence-electron chi connectivity index (χ4n) is 2.75. The molecule has 5 nitrogen and oxygen atoms in total. The van der Waals surface area contributed by atoms with E-state index in [1.54, 1.807) is 0 Å². The summed E-state index contributed by atoms with van der Waals surface area (Å²) in [6.45, 7) is 12.8. The molecule has 0 amide bonds. The van der Waals surface area contributed by atoms with Gasteiger partial charge in [-0.1, -0.05) is 0 Å². The lowest BCUT2D eigenvalue weighted by molar-refractivity contribution is -0.149. The molecule has 5 heteroatoms. The van der Waals surface area contributed by atoms with Crippen LogP contribution in [0.2, 0.25) is 0 Å². The Hall–Kier alpha value is -0.650. The highest BCUT2D eigenvalue weighted by Gasteiger charge is 2.36. The van der Waals surface area contributed by atoms with E-state index in [0.717, 1.165) is 26.1 Å². The Bertz CT molecular complexity index is 322. The van der Waals surface area contributed by atoms with E-state index in [9.17, 15) is 4.79 Å². The number of rotatable bonds is 6. The van der Waals surface area contributed by atoms with Gasteiger partial charge in [0.2, 0.25) is 0 Å². The molecule has 118 valence electrons. The average molecular weight is 286 g/mol. The molecule has 1 aliphatic rings. The largest absolute Gasteiger partial charge is 0.468 e. The first kappa shape index (κ1) is 17.4. The van der Waals surface area contributed by atoms with Gasteiger partial charge < -0.3 is 9.47 Å². The third kappa shape index (κ3) is 4.72. The number of carbonyl (C=O) groups excluding carboxylic acids is 1. The topological polar surface area (TPSA) is 50.8 Å². The van der Waals surface area contributed by atoms with Crippen LogP contribution in [0.4, 0.5) is 0 Å². The Labute approximate surface area is 123 Å². The van der Waals surface area contributed by atoms with Crippen LogP contribution in [0.15, 0.2) is 0 Å². The molecule has 0 aliphatic carbocycles. The van der Waals surface area contributed by atoms with Gasteiger partial charge in [-0.2, -0.15) is 0 Å². The number of hydrogen-bond acceptors (Lipinski definition) is 5. The van der Waals surface area contributed by atoms with E-state index < -0.39 is 5.54 Å². The van der Waals surface area contributed by atoms with E-state index in [4.69, 9.17) is 9.47 Å². The van der Waals surface area contributed by atoms with E-state index >= 15 is 0 Å². The van der Waals surface area contributed by atoms with Crippen molar-refractivity contribution in [2.24, 2.45) is 0 Å². The first-order chi connectivity index (χ1) is 9.28. The molecule has 1 fully saturated rings. The van der Waals surface area contributed by atoms with Gasteiger partial charge in [0.1, 0.15) is 5.54 Å². The second kappa shape index (κ2) is 7.38. The molecule has 0 bridgehead atoms. The summed E-state index contributed by atoms with van der Waals surface area (Å²) in [6, 6.07) is 0.632. The van der Waals surface area contributed by atoms with Crippen LogP contribution in [0.25, 0.3) is 0 Å². The average Bonchev–Trinajstić information content (AvgIpc) is 2.38. The lowest BCUT2D eigenvalue weighted by Gasteiger charge is -2.39. The number of ether oxygens (including phenoxy) is 2. The molecule has 20 heavy (non-hydrogen) atoms. The second-order valence-corrected chi connectivity index (χ2v) is 6.36. The van der Waals surface area contributed by atoms with Gasteiger partial charge in [-0.05, 0) is 41.0 Å². The summed E-state index contributed by atoms with van der Waals surface area (Å²) >= 11 is 0. The van der Waals surface area contributed by atoms with Crippen molar-refractivity contribution in [2.45, 2.75) is 64.8 Å². The highest BCUT2D eigenvalue weighted by molar-refractivity contribution is 5.80. The van der Waals surface area contributed by atoms with Crippen LogP contribution in [0.3, 0.4) is 0 Å². The molecule has 0 aromatic heterocycles. The Morgan fingerprint density at radius 3 is 2.70 bits per heavy atom. The molecule has 0 saturated carbocycles. The van der Waals surface area contributed by atoms with E-state index in [1.807, 2.05) is 20.8 Å². The molecule has 1 heterocycles. The Morgan fingerprint density at radius 2 is 2.15 bits per heavy atom. The van der Waals surface area contributed by atoms with Gasteiger partial charge in [-0.3, -0.25) is 15.0 Å². The van der Waals surface area contributed by atoms with Crippen molar-refractivity contribution in [1.29, 1.82) is 0 Å². The zero-order chi connectivity index (χ0) is 15.3. The van der Waals surface area contributed by atoms with Gasteiger partial charge >= 0.3 is 5.97 Å². The summed E-state index contributed by atoms with van der Waals surface area (Å²) < 4.78 is 10.6. The first-order valence-corrected chi connectivity index (χ1v) is 7.50. The van der Waals surface area contributed by atoms with Crippen LogP contribution < -0.4 is 5.32 Å². The Morgan fingerprint density at radius 1 is 1.50 bits per heavy atom. The van der Waals surface area contributed by atoms with Crippen molar-refractivity contribution >= 4 is 5.97 Å². The van der Waals surface area contributed by atoms with Gasteiger partial charge in [0, 0.05) is 25.2 Å². The van der Waals surface area contributed by atoms with Crippen LogP contribution >= 0.6 is 0 Å². The predicted octanol–water partition coefficient (Wildman–Crippen LogP) is 1.42. The molecule has 1 N–H and O–H groups in total. The molecule has 1 aliphatic heterocycles. The second-order valence-electron chi connectivity index (χ2n) is 6.36. The molecule has 0 spiro atoms. The van der Waals surface area contributed by atoms with E-state index in [0.29, 0.717) is 6.04 Å². The van der Waals surface area contributed by atoms with Crippen molar-refractivity contribution in [3.05, 3.63) is 0 Å². The normalized spacial score (nSPS) is 27.4. The number of morpholine rings is 1. The standard InChI is InChI=1S/C15H30N2O3/c1-11(2)16-15(5,14(18)19-6)7-8-17-9-13(4)20-10-12(17)3/h11-13,16H,7-10H2,1-6H3. The van der Waals surface area contributed by atoms with E-state index in [2.05, 4.69) is 24.1 Å². The minimum Gasteiger partial charge on any atom is -0.468 e. The van der Waals surface area contributed by atoms with Crippen molar-refractivity contribution in [3.63, 3.8) is 0 Å². The molecule has 1 rings (SSSR count). The zero-order valence-electron chi connectivity index (χ0n) is 13.7. The smallest absolute Gasteiger partial charge is 0.325 e. The Balaban J connectivity index is 2.63. The van der Waals surface area contributed by atoms with Gasteiger partial charge in [-0.15, -0.1) is 0 Å². The first-order valence-electron chi connectivity index (χ1n) is 7.50. The molecule has 1 saturated heterocycles. The number of methoxy groups -OCH3 is 1. The highest BCUT2D eigenvalue weighted by atomic mass is 16.5. The predicted molar refractivity (Wildman–Crippen MR) is 79.8 cm³/mol. The van der Waals surface area contributed by atoms with Crippen molar-refractivity contribution < 1.29 is 14.3 Å². The lowest BCUT2D eigenvalue weighted by atomic mass is 9.95. The maximum absolute atomic E-state index is 12.1. The summed E-state index contributed by atoms with van der Waals surface area (Å²) in [5.74, 6) is -0.194. The summed E-state index contributed by atoms with van der Waals surface area (Å²) in [4.78, 5) is 14.4.